The Morgan fingerprint density at radius 3 is 1.97 bits per heavy atom. The molecule has 0 unspecified atom stereocenters. The van der Waals surface area contributed by atoms with Crippen molar-refractivity contribution in [1.29, 1.82) is 0 Å². The summed E-state index contributed by atoms with van der Waals surface area (Å²) in [5, 5.41) is 24.0. The topological polar surface area (TPSA) is 116 Å². The summed E-state index contributed by atoms with van der Waals surface area (Å²) >= 11 is 0. The molecule has 0 aromatic heterocycles. The van der Waals surface area contributed by atoms with Crippen LogP contribution in [0.15, 0.2) is 78.9 Å². The fraction of sp³-hybridized carbons (Fsp3) is 0.194. The van der Waals surface area contributed by atoms with E-state index in [9.17, 15) is 19.5 Å². The Morgan fingerprint density at radius 1 is 0.842 bits per heavy atom. The van der Waals surface area contributed by atoms with Crippen molar-refractivity contribution in [3.8, 4) is 23.7 Å². The summed E-state index contributed by atoms with van der Waals surface area (Å²) in [5.74, 6) is 10.1. The molecule has 0 saturated heterocycles. The number of anilines is 1. The highest BCUT2D eigenvalue weighted by atomic mass is 16.3. The minimum atomic E-state index is -1.19. The van der Waals surface area contributed by atoms with E-state index in [0.29, 0.717) is 24.1 Å². The minimum Gasteiger partial charge on any atom is -0.391 e. The van der Waals surface area contributed by atoms with Gasteiger partial charge >= 0.3 is 0 Å². The third-order valence-electron chi connectivity index (χ3n) is 5.55. The Hall–Kier alpha value is -4.69. The van der Waals surface area contributed by atoms with Gasteiger partial charge in [0.25, 0.3) is 5.91 Å². The monoisotopic (exact) mass is 508 g/mol. The molecule has 0 aliphatic heterocycles. The average molecular weight is 509 g/mol. The van der Waals surface area contributed by atoms with Gasteiger partial charge in [0, 0.05) is 28.8 Å². The predicted octanol–water partition coefficient (Wildman–Crippen LogP) is 2.70. The molecule has 3 rings (SSSR count). The molecule has 0 fully saturated rings. The number of benzene rings is 3. The van der Waals surface area contributed by atoms with Crippen LogP contribution >= 0.6 is 0 Å². The Bertz CT molecular complexity index is 1370. The first-order valence-corrected chi connectivity index (χ1v) is 12.0. The molecule has 2 amide bonds. The summed E-state index contributed by atoms with van der Waals surface area (Å²) in [6, 6.07) is 22.2. The number of Topliss-reactive ketones (excluding diaryl/α,β-unsaturated/α-hetero) is 1. The molecule has 0 bridgehead atoms. The van der Waals surface area contributed by atoms with E-state index < -0.39 is 30.4 Å². The zero-order chi connectivity index (χ0) is 27.3. The van der Waals surface area contributed by atoms with Gasteiger partial charge in [0.2, 0.25) is 5.91 Å². The lowest BCUT2D eigenvalue weighted by atomic mass is 10.1. The largest absolute Gasteiger partial charge is 0.391 e. The Labute approximate surface area is 221 Å². The van der Waals surface area contributed by atoms with Gasteiger partial charge < -0.3 is 20.8 Å². The normalized spacial score (nSPS) is 11.6. The fourth-order valence-corrected chi connectivity index (χ4v) is 3.47. The van der Waals surface area contributed by atoms with E-state index in [1.165, 1.54) is 6.92 Å². The number of aryl methyl sites for hydroxylation is 1. The molecule has 7 nitrogen and oxygen atoms in total. The van der Waals surface area contributed by atoms with Crippen LogP contribution in [0.4, 0.5) is 5.69 Å². The summed E-state index contributed by atoms with van der Waals surface area (Å²) < 4.78 is 0. The molecule has 4 N–H and O–H groups in total. The molecule has 0 aliphatic carbocycles. The van der Waals surface area contributed by atoms with Crippen molar-refractivity contribution in [2.24, 2.45) is 0 Å². The molecule has 192 valence electrons. The molecule has 0 radical (unpaired) electrons. The van der Waals surface area contributed by atoms with Gasteiger partial charge in [-0.1, -0.05) is 42.2 Å². The number of amides is 2. The maximum atomic E-state index is 12.3. The first-order valence-electron chi connectivity index (χ1n) is 12.0. The van der Waals surface area contributed by atoms with Crippen LogP contribution in [-0.4, -0.2) is 46.6 Å². The van der Waals surface area contributed by atoms with Gasteiger partial charge in [-0.05, 0) is 79.3 Å². The molecular formula is C31H28N2O5. The number of ketones is 1. The molecule has 38 heavy (non-hydrogen) atoms. The molecule has 0 saturated carbocycles. The molecule has 2 atom stereocenters. The Balaban J connectivity index is 1.51. The van der Waals surface area contributed by atoms with Crippen LogP contribution in [0.2, 0.25) is 0 Å². The Morgan fingerprint density at radius 2 is 1.42 bits per heavy atom. The van der Waals surface area contributed by atoms with E-state index in [-0.39, 0.29) is 11.5 Å². The van der Waals surface area contributed by atoms with Gasteiger partial charge in [0.15, 0.2) is 5.78 Å². The van der Waals surface area contributed by atoms with Crippen molar-refractivity contribution < 1.29 is 24.6 Å². The van der Waals surface area contributed by atoms with Gasteiger partial charge in [0.05, 0.1) is 6.10 Å². The first kappa shape index (κ1) is 27.9. The lowest BCUT2D eigenvalue weighted by Crippen LogP contribution is -2.48. The first-order chi connectivity index (χ1) is 18.4. The zero-order valence-corrected chi connectivity index (χ0v) is 20.9. The van der Waals surface area contributed by atoms with Crippen LogP contribution in [-0.2, 0) is 16.0 Å². The molecule has 7 heteroatoms. The lowest BCUT2D eigenvalue weighted by molar-refractivity contribution is -0.126. The summed E-state index contributed by atoms with van der Waals surface area (Å²) in [5.41, 5.74) is 3.49. The minimum absolute atomic E-state index is 0.0523. The number of aliphatic hydroxyl groups is 2. The van der Waals surface area contributed by atoms with Crippen molar-refractivity contribution in [3.63, 3.8) is 0 Å². The van der Waals surface area contributed by atoms with Crippen molar-refractivity contribution in [2.75, 3.05) is 11.9 Å². The van der Waals surface area contributed by atoms with E-state index in [0.717, 1.165) is 11.1 Å². The molecule has 0 aliphatic rings. The highest BCUT2D eigenvalue weighted by Crippen LogP contribution is 2.11. The SMILES string of the molecule is C[C@@H](O)[C@H](NC(=O)c1ccc(C#CC#Cc2ccc(NC(=O)CCc3ccccc3)cc2)cc1)C(=O)CO. The summed E-state index contributed by atoms with van der Waals surface area (Å²) in [7, 11) is 0. The van der Waals surface area contributed by atoms with Crippen molar-refractivity contribution >= 4 is 23.3 Å². The van der Waals surface area contributed by atoms with Crippen LogP contribution in [0.5, 0.6) is 0 Å². The van der Waals surface area contributed by atoms with Crippen molar-refractivity contribution in [3.05, 3.63) is 101 Å². The smallest absolute Gasteiger partial charge is 0.251 e. The van der Waals surface area contributed by atoms with E-state index in [4.69, 9.17) is 5.11 Å². The number of aliphatic hydroxyl groups excluding tert-OH is 2. The number of hydrogen-bond acceptors (Lipinski definition) is 5. The van der Waals surface area contributed by atoms with E-state index in [1.807, 2.05) is 30.3 Å². The number of hydrogen-bond donors (Lipinski definition) is 4. The maximum absolute atomic E-state index is 12.3. The molecule has 0 spiro atoms. The van der Waals surface area contributed by atoms with E-state index in [1.54, 1.807) is 48.5 Å². The lowest BCUT2D eigenvalue weighted by Gasteiger charge is -2.19. The van der Waals surface area contributed by atoms with Crippen LogP contribution in [0.25, 0.3) is 0 Å². The molecule has 3 aromatic carbocycles. The van der Waals surface area contributed by atoms with Crippen molar-refractivity contribution in [1.82, 2.24) is 5.32 Å². The summed E-state index contributed by atoms with van der Waals surface area (Å²) in [6.45, 7) is 0.583. The number of carbonyl (C=O) groups excluding carboxylic acids is 3. The third-order valence-corrected chi connectivity index (χ3v) is 5.55. The molecule has 3 aromatic rings. The number of nitrogens with one attached hydrogen (secondary N) is 2. The Kier molecular flexibility index (Phi) is 10.4. The van der Waals surface area contributed by atoms with Crippen LogP contribution in [0.1, 0.15) is 40.4 Å². The van der Waals surface area contributed by atoms with E-state index in [2.05, 4.69) is 34.3 Å². The summed E-state index contributed by atoms with van der Waals surface area (Å²) in [4.78, 5) is 36.2. The zero-order valence-electron chi connectivity index (χ0n) is 20.9. The number of carbonyl (C=O) groups is 3. The maximum Gasteiger partial charge on any atom is 0.251 e. The quantitative estimate of drug-likeness (QED) is 0.332. The van der Waals surface area contributed by atoms with Gasteiger partial charge in [-0.2, -0.15) is 0 Å². The second kappa shape index (κ2) is 14.2. The second-order valence-electron chi connectivity index (χ2n) is 8.50. The highest BCUT2D eigenvalue weighted by molar-refractivity contribution is 5.98. The van der Waals surface area contributed by atoms with Gasteiger partial charge in [-0.25, -0.2) is 0 Å². The van der Waals surface area contributed by atoms with Crippen molar-refractivity contribution in [2.45, 2.75) is 31.9 Å². The van der Waals surface area contributed by atoms with Crippen LogP contribution < -0.4 is 10.6 Å². The van der Waals surface area contributed by atoms with Gasteiger partial charge in [-0.15, -0.1) is 0 Å². The van der Waals surface area contributed by atoms with Crippen LogP contribution in [0, 0.1) is 23.7 Å². The van der Waals surface area contributed by atoms with Crippen LogP contribution in [0.3, 0.4) is 0 Å². The number of rotatable bonds is 9. The molecular weight excluding hydrogens is 480 g/mol. The van der Waals surface area contributed by atoms with Gasteiger partial charge in [-0.3, -0.25) is 14.4 Å². The predicted molar refractivity (Wildman–Crippen MR) is 145 cm³/mol. The highest BCUT2D eigenvalue weighted by Gasteiger charge is 2.25. The van der Waals surface area contributed by atoms with E-state index >= 15 is 0 Å². The molecule has 0 heterocycles. The second-order valence-corrected chi connectivity index (χ2v) is 8.50. The average Bonchev–Trinajstić information content (AvgIpc) is 2.94. The third kappa shape index (κ3) is 8.76. The standard InChI is InChI=1S/C31H28N2O5/c1-22(35)30(28(36)21-34)33-31(38)26-16-11-24(12-17-26)9-5-6-10-25-13-18-27(19-14-25)32-29(37)20-15-23-7-3-2-4-8-23/h2-4,7-8,11-14,16-19,22,30,34-35H,15,20-21H2,1H3,(H,32,37)(H,33,38)/t22-,30+/m1/s1. The van der Waals surface area contributed by atoms with Gasteiger partial charge in [0.1, 0.15) is 12.6 Å². The fourth-order valence-electron chi connectivity index (χ4n) is 3.47. The summed E-state index contributed by atoms with van der Waals surface area (Å²) in [6.07, 6.45) is -0.0550.